The van der Waals surface area contributed by atoms with E-state index in [4.69, 9.17) is 23.7 Å². The Morgan fingerprint density at radius 3 is 2.14 bits per heavy atom. The van der Waals surface area contributed by atoms with E-state index in [2.05, 4.69) is 0 Å². The summed E-state index contributed by atoms with van der Waals surface area (Å²) < 4.78 is 27.2. The monoisotopic (exact) mass is 530 g/mol. The fraction of sp³-hybridized carbons (Fsp3) is 0.667. The maximum absolute atomic E-state index is 11.8. The molecule has 0 unspecified atom stereocenters. The summed E-state index contributed by atoms with van der Waals surface area (Å²) in [4.78, 5) is 22.8. The van der Waals surface area contributed by atoms with Crippen molar-refractivity contribution in [3.8, 4) is 0 Å². The fourth-order valence-corrected chi connectivity index (χ4v) is 3.96. The number of Topliss-reactive ketones (excluding diaryl/α,β-unsaturated/α-hetero) is 1. The van der Waals surface area contributed by atoms with Gasteiger partial charge >= 0.3 is 5.97 Å². The third-order valence-electron chi connectivity index (χ3n) is 6.13. The molecule has 208 valence electrons. The molecule has 0 saturated carbocycles. The largest absolute Gasteiger partial charge is 0.463 e. The number of benzene rings is 1. The summed E-state index contributed by atoms with van der Waals surface area (Å²) in [6, 6.07) is 9.00. The molecule has 1 aromatic carbocycles. The second-order valence-electron chi connectivity index (χ2n) is 9.00. The van der Waals surface area contributed by atoms with Gasteiger partial charge in [0.05, 0.1) is 19.6 Å². The molecule has 13 nitrogen and oxygen atoms in total. The molecule has 0 radical (unpaired) electrons. The SMILES string of the molecule is CC(=O)CCC(=O)OC[C@H]1O[C@@H](O[C@H]2[C@H](O)[C@@H](O)[C@H](OCc3ccccc3)O[C@@H]2CO)[C@H](O)[C@@H](O)[C@H]1O. The van der Waals surface area contributed by atoms with Crippen LogP contribution in [0.3, 0.4) is 0 Å². The minimum atomic E-state index is -1.80. The second-order valence-corrected chi connectivity index (χ2v) is 9.00. The van der Waals surface area contributed by atoms with Crippen molar-refractivity contribution < 1.29 is 63.9 Å². The van der Waals surface area contributed by atoms with E-state index in [9.17, 15) is 40.2 Å². The highest BCUT2D eigenvalue weighted by Crippen LogP contribution is 2.30. The lowest BCUT2D eigenvalue weighted by atomic mass is 9.97. The Labute approximate surface area is 213 Å². The summed E-state index contributed by atoms with van der Waals surface area (Å²) in [6.07, 6.45) is -15.7. The zero-order chi connectivity index (χ0) is 27.1. The van der Waals surface area contributed by atoms with Crippen LogP contribution in [0, 0.1) is 0 Å². The Morgan fingerprint density at radius 2 is 1.49 bits per heavy atom. The summed E-state index contributed by atoms with van der Waals surface area (Å²) in [7, 11) is 0. The van der Waals surface area contributed by atoms with E-state index >= 15 is 0 Å². The number of carbonyl (C=O) groups excluding carboxylic acids is 2. The summed E-state index contributed by atoms with van der Waals surface area (Å²) in [5, 5.41) is 61.9. The number of aliphatic hydroxyl groups excluding tert-OH is 6. The molecule has 10 atom stereocenters. The molecule has 2 aliphatic rings. The van der Waals surface area contributed by atoms with Crippen molar-refractivity contribution in [2.75, 3.05) is 13.2 Å². The molecule has 2 heterocycles. The van der Waals surface area contributed by atoms with Gasteiger partial charge in [-0.05, 0) is 12.5 Å². The lowest BCUT2D eigenvalue weighted by molar-refractivity contribution is -0.360. The highest BCUT2D eigenvalue weighted by Gasteiger charge is 2.51. The van der Waals surface area contributed by atoms with Gasteiger partial charge < -0.3 is 59.1 Å². The quantitative estimate of drug-likeness (QED) is 0.168. The molecular weight excluding hydrogens is 496 g/mol. The van der Waals surface area contributed by atoms with Crippen LogP contribution >= 0.6 is 0 Å². The molecular formula is C24H34O13. The molecule has 0 amide bonds. The van der Waals surface area contributed by atoms with Gasteiger partial charge in [-0.1, -0.05) is 30.3 Å². The molecule has 0 spiro atoms. The van der Waals surface area contributed by atoms with Crippen LogP contribution in [0.15, 0.2) is 30.3 Å². The number of hydrogen-bond acceptors (Lipinski definition) is 13. The maximum atomic E-state index is 11.8. The highest BCUT2D eigenvalue weighted by molar-refractivity contribution is 5.80. The van der Waals surface area contributed by atoms with Gasteiger partial charge in [-0.3, -0.25) is 4.79 Å². The standard InChI is InChI=1S/C24H34O13/c1-12(26)7-8-16(27)33-11-15-17(28)18(29)20(31)24(36-15)37-22-14(9-25)35-23(21(32)19(22)30)34-10-13-5-3-2-4-6-13/h2-6,14-15,17-25,28-32H,7-11H2,1H3/t14-,15-,17+,18+,19-,20-,21-,22-,23-,24+/m1/s1. The van der Waals surface area contributed by atoms with Gasteiger partial charge in [-0.25, -0.2) is 0 Å². The molecule has 0 aliphatic carbocycles. The average Bonchev–Trinajstić information content (AvgIpc) is 2.89. The number of ketones is 1. The Bertz CT molecular complexity index is 865. The zero-order valence-electron chi connectivity index (χ0n) is 20.2. The molecule has 2 fully saturated rings. The van der Waals surface area contributed by atoms with Gasteiger partial charge in [0, 0.05) is 6.42 Å². The van der Waals surface area contributed by atoms with Crippen LogP contribution in [0.5, 0.6) is 0 Å². The summed E-state index contributed by atoms with van der Waals surface area (Å²) >= 11 is 0. The lowest BCUT2D eigenvalue weighted by Gasteiger charge is -2.46. The smallest absolute Gasteiger partial charge is 0.306 e. The van der Waals surface area contributed by atoms with Crippen LogP contribution in [-0.4, -0.2) is 117 Å². The Hall–Kier alpha value is -2.04. The van der Waals surface area contributed by atoms with Gasteiger partial charge in [0.25, 0.3) is 0 Å². The van der Waals surface area contributed by atoms with Gasteiger partial charge in [0.1, 0.15) is 61.2 Å². The van der Waals surface area contributed by atoms with Crippen molar-refractivity contribution in [3.63, 3.8) is 0 Å². The van der Waals surface area contributed by atoms with Crippen LogP contribution in [0.25, 0.3) is 0 Å². The first-order chi connectivity index (χ1) is 17.6. The minimum Gasteiger partial charge on any atom is -0.463 e. The topological polar surface area (TPSA) is 202 Å². The number of aliphatic hydroxyl groups is 6. The number of hydrogen-bond donors (Lipinski definition) is 6. The molecule has 0 bridgehead atoms. The van der Waals surface area contributed by atoms with Gasteiger partial charge in [-0.15, -0.1) is 0 Å². The Morgan fingerprint density at radius 1 is 0.838 bits per heavy atom. The first-order valence-electron chi connectivity index (χ1n) is 11.9. The van der Waals surface area contributed by atoms with Crippen LogP contribution in [0.4, 0.5) is 0 Å². The summed E-state index contributed by atoms with van der Waals surface area (Å²) in [5.74, 6) is -0.940. The van der Waals surface area contributed by atoms with Crippen LogP contribution in [0.1, 0.15) is 25.3 Å². The van der Waals surface area contributed by atoms with E-state index in [0.717, 1.165) is 5.56 Å². The van der Waals surface area contributed by atoms with E-state index in [1.165, 1.54) is 6.92 Å². The van der Waals surface area contributed by atoms with Crippen LogP contribution in [-0.2, 0) is 39.9 Å². The van der Waals surface area contributed by atoms with Crippen molar-refractivity contribution in [2.24, 2.45) is 0 Å². The minimum absolute atomic E-state index is 0.0273. The molecule has 37 heavy (non-hydrogen) atoms. The Kier molecular flexibility index (Phi) is 10.9. The molecule has 2 aliphatic heterocycles. The van der Waals surface area contributed by atoms with E-state index in [1.807, 2.05) is 6.07 Å². The number of esters is 1. The zero-order valence-corrected chi connectivity index (χ0v) is 20.2. The lowest BCUT2D eigenvalue weighted by Crippen LogP contribution is -2.64. The first-order valence-corrected chi connectivity index (χ1v) is 11.9. The number of ether oxygens (including phenoxy) is 5. The fourth-order valence-electron chi connectivity index (χ4n) is 3.96. The summed E-state index contributed by atoms with van der Waals surface area (Å²) in [6.45, 7) is 0.191. The molecule has 6 N–H and O–H groups in total. The average molecular weight is 531 g/mol. The predicted octanol–water partition coefficient (Wildman–Crippen LogP) is -2.25. The predicted molar refractivity (Wildman–Crippen MR) is 121 cm³/mol. The van der Waals surface area contributed by atoms with E-state index in [1.54, 1.807) is 24.3 Å². The van der Waals surface area contributed by atoms with Crippen LogP contribution in [0.2, 0.25) is 0 Å². The third kappa shape index (κ3) is 7.74. The van der Waals surface area contributed by atoms with E-state index < -0.39 is 80.6 Å². The van der Waals surface area contributed by atoms with Crippen LogP contribution < -0.4 is 0 Å². The Balaban J connectivity index is 1.61. The second kappa shape index (κ2) is 13.7. The normalized spacial score (nSPS) is 36.2. The van der Waals surface area contributed by atoms with E-state index in [-0.39, 0.29) is 25.2 Å². The number of rotatable bonds is 11. The van der Waals surface area contributed by atoms with Crippen molar-refractivity contribution in [1.29, 1.82) is 0 Å². The van der Waals surface area contributed by atoms with Gasteiger partial charge in [0.2, 0.25) is 0 Å². The van der Waals surface area contributed by atoms with Crippen molar-refractivity contribution >= 4 is 11.8 Å². The first kappa shape index (κ1) is 29.5. The molecule has 2 saturated heterocycles. The third-order valence-corrected chi connectivity index (χ3v) is 6.13. The highest BCUT2D eigenvalue weighted by atomic mass is 16.7. The maximum Gasteiger partial charge on any atom is 0.306 e. The molecule has 1 aromatic rings. The van der Waals surface area contributed by atoms with E-state index in [0.29, 0.717) is 0 Å². The van der Waals surface area contributed by atoms with Gasteiger partial charge in [-0.2, -0.15) is 0 Å². The molecule has 3 rings (SSSR count). The molecule has 0 aromatic heterocycles. The molecule has 13 heteroatoms. The van der Waals surface area contributed by atoms with Gasteiger partial charge in [0.15, 0.2) is 12.6 Å². The number of carbonyl (C=O) groups is 2. The van der Waals surface area contributed by atoms with Crippen molar-refractivity contribution in [1.82, 2.24) is 0 Å². The summed E-state index contributed by atoms with van der Waals surface area (Å²) in [5.41, 5.74) is 0.783. The van der Waals surface area contributed by atoms with Crippen molar-refractivity contribution in [2.45, 2.75) is 87.8 Å². The van der Waals surface area contributed by atoms with Crippen molar-refractivity contribution in [3.05, 3.63) is 35.9 Å².